The first-order valence-corrected chi connectivity index (χ1v) is 8.64. The molecule has 1 aliphatic heterocycles. The van der Waals surface area contributed by atoms with Crippen molar-refractivity contribution in [3.8, 4) is 11.3 Å². The predicted octanol–water partition coefficient (Wildman–Crippen LogP) is 3.83. The van der Waals surface area contributed by atoms with E-state index in [0.29, 0.717) is 22.9 Å². The van der Waals surface area contributed by atoms with Gasteiger partial charge in [-0.15, -0.1) is 0 Å². The summed E-state index contributed by atoms with van der Waals surface area (Å²) >= 11 is 12.3. The maximum absolute atomic E-state index is 11.3. The van der Waals surface area contributed by atoms with Crippen LogP contribution in [0.15, 0.2) is 24.4 Å². The lowest BCUT2D eigenvalue weighted by Crippen LogP contribution is -2.45. The van der Waals surface area contributed by atoms with Gasteiger partial charge < -0.3 is 4.74 Å². The fraction of sp³-hybridized carbons (Fsp3) is 0.438. The van der Waals surface area contributed by atoms with E-state index in [1.807, 2.05) is 13.8 Å². The van der Waals surface area contributed by atoms with Crippen molar-refractivity contribution in [2.75, 3.05) is 13.1 Å². The van der Waals surface area contributed by atoms with Gasteiger partial charge >= 0.3 is 0 Å². The number of rotatable bonds is 4. The van der Waals surface area contributed by atoms with E-state index in [1.165, 1.54) is 6.07 Å². The Morgan fingerprint density at radius 1 is 1.28 bits per heavy atom. The number of nitro groups is 1. The van der Waals surface area contributed by atoms with E-state index in [9.17, 15) is 10.1 Å². The second-order valence-electron chi connectivity index (χ2n) is 6.19. The molecule has 3 rings (SSSR count). The molecule has 0 amide bonds. The van der Waals surface area contributed by atoms with Gasteiger partial charge in [0, 0.05) is 19.3 Å². The van der Waals surface area contributed by atoms with E-state index in [1.54, 1.807) is 23.0 Å². The summed E-state index contributed by atoms with van der Waals surface area (Å²) in [6.45, 7) is 6.16. The van der Waals surface area contributed by atoms with Gasteiger partial charge in [-0.25, -0.2) is 0 Å². The smallest absolute Gasteiger partial charge is 0.297 e. The van der Waals surface area contributed by atoms with Crippen LogP contribution in [0, 0.1) is 10.1 Å². The Balaban J connectivity index is 1.89. The Morgan fingerprint density at radius 2 is 1.96 bits per heavy atom. The average Bonchev–Trinajstić information content (AvgIpc) is 2.85. The molecule has 1 fully saturated rings. The summed E-state index contributed by atoms with van der Waals surface area (Å²) in [5.74, 6) is 0. The lowest BCUT2D eigenvalue weighted by molar-refractivity contribution is -0.384. The third kappa shape index (κ3) is 3.95. The monoisotopic (exact) mass is 384 g/mol. The first-order valence-electron chi connectivity index (χ1n) is 7.89. The fourth-order valence-electron chi connectivity index (χ4n) is 3.15. The number of nitrogens with zero attached hydrogens (tertiary/aromatic N) is 4. The lowest BCUT2D eigenvalue weighted by Gasteiger charge is -2.35. The maximum Gasteiger partial charge on any atom is 0.297 e. The first-order chi connectivity index (χ1) is 11.8. The molecule has 1 aromatic carbocycles. The number of ether oxygens (including phenoxy) is 1. The summed E-state index contributed by atoms with van der Waals surface area (Å²) in [5, 5.41) is 16.2. The Hall–Kier alpha value is -1.67. The van der Waals surface area contributed by atoms with Gasteiger partial charge in [-0.05, 0) is 26.0 Å². The zero-order valence-electron chi connectivity index (χ0n) is 13.9. The van der Waals surface area contributed by atoms with Crippen LogP contribution in [0.2, 0.25) is 10.0 Å². The lowest BCUT2D eigenvalue weighted by atomic mass is 10.1. The molecule has 2 atom stereocenters. The zero-order valence-corrected chi connectivity index (χ0v) is 15.4. The molecule has 1 aliphatic rings. The Morgan fingerprint density at radius 3 is 2.60 bits per heavy atom. The van der Waals surface area contributed by atoms with E-state index in [0.717, 1.165) is 13.1 Å². The van der Waals surface area contributed by atoms with E-state index in [-0.39, 0.29) is 22.9 Å². The molecular formula is C16H18Cl2N4O3. The number of morpholine rings is 1. The van der Waals surface area contributed by atoms with Crippen LogP contribution >= 0.6 is 23.2 Å². The summed E-state index contributed by atoms with van der Waals surface area (Å²) < 4.78 is 7.41. The molecule has 0 bridgehead atoms. The van der Waals surface area contributed by atoms with Gasteiger partial charge in [0.05, 0.1) is 34.4 Å². The number of hydrogen-bond acceptors (Lipinski definition) is 5. The zero-order chi connectivity index (χ0) is 18.1. The molecule has 1 aromatic heterocycles. The van der Waals surface area contributed by atoms with Crippen molar-refractivity contribution >= 4 is 28.9 Å². The van der Waals surface area contributed by atoms with Crippen LogP contribution in [-0.2, 0) is 11.4 Å². The van der Waals surface area contributed by atoms with Gasteiger partial charge in [0.25, 0.3) is 5.69 Å². The highest BCUT2D eigenvalue weighted by atomic mass is 35.5. The predicted molar refractivity (Wildman–Crippen MR) is 95.9 cm³/mol. The van der Waals surface area contributed by atoms with Crippen LogP contribution in [0.5, 0.6) is 0 Å². The Bertz CT molecular complexity index is 786. The molecule has 0 spiro atoms. The summed E-state index contributed by atoms with van der Waals surface area (Å²) in [6.07, 6.45) is 1.96. The molecule has 25 heavy (non-hydrogen) atoms. The van der Waals surface area contributed by atoms with Crippen LogP contribution < -0.4 is 0 Å². The van der Waals surface area contributed by atoms with Gasteiger partial charge in [-0.3, -0.25) is 19.7 Å². The van der Waals surface area contributed by atoms with Crippen molar-refractivity contribution in [1.82, 2.24) is 14.7 Å². The van der Waals surface area contributed by atoms with Gasteiger partial charge in [-0.2, -0.15) is 5.10 Å². The minimum atomic E-state index is -0.516. The standard InChI is InChI=1S/C16H18Cl2N4O3/c1-10-6-20(7-11(2)25-10)9-21-8-14(18)15(19-21)12-4-3-5-13(17)16(12)22(23)24/h3-5,8,10-11H,6-7,9H2,1-2H3. The van der Waals surface area contributed by atoms with E-state index < -0.39 is 4.92 Å². The van der Waals surface area contributed by atoms with Gasteiger partial charge in [0.1, 0.15) is 10.7 Å². The van der Waals surface area contributed by atoms with Crippen molar-refractivity contribution in [1.29, 1.82) is 0 Å². The molecule has 7 nitrogen and oxygen atoms in total. The summed E-state index contributed by atoms with van der Waals surface area (Å²) in [6, 6.07) is 4.72. The van der Waals surface area contributed by atoms with E-state index in [2.05, 4.69) is 10.00 Å². The van der Waals surface area contributed by atoms with Crippen molar-refractivity contribution in [2.24, 2.45) is 0 Å². The van der Waals surface area contributed by atoms with Crippen molar-refractivity contribution in [2.45, 2.75) is 32.7 Å². The van der Waals surface area contributed by atoms with Crippen molar-refractivity contribution in [3.05, 3.63) is 44.6 Å². The average molecular weight is 385 g/mol. The normalized spacial score (nSPS) is 21.4. The topological polar surface area (TPSA) is 73.4 Å². The summed E-state index contributed by atoms with van der Waals surface area (Å²) in [7, 11) is 0. The van der Waals surface area contributed by atoms with Crippen LogP contribution in [0.4, 0.5) is 5.69 Å². The minimum Gasteiger partial charge on any atom is -0.373 e. The molecule has 0 aliphatic carbocycles. The van der Waals surface area contributed by atoms with Crippen LogP contribution in [0.3, 0.4) is 0 Å². The largest absolute Gasteiger partial charge is 0.373 e. The number of aromatic nitrogens is 2. The van der Waals surface area contributed by atoms with Gasteiger partial charge in [0.2, 0.25) is 0 Å². The first kappa shape index (κ1) is 18.1. The minimum absolute atomic E-state index is 0.0592. The second-order valence-corrected chi connectivity index (χ2v) is 7.01. The molecule has 9 heteroatoms. The highest BCUT2D eigenvalue weighted by molar-refractivity contribution is 6.34. The van der Waals surface area contributed by atoms with E-state index >= 15 is 0 Å². The second kappa shape index (κ2) is 7.29. The van der Waals surface area contributed by atoms with Gasteiger partial charge in [-0.1, -0.05) is 29.3 Å². The SMILES string of the molecule is CC1CN(Cn2cc(Cl)c(-c3cccc(Cl)c3[N+](=O)[O-])n2)CC(C)O1. The summed E-state index contributed by atoms with van der Waals surface area (Å²) in [4.78, 5) is 13.0. The van der Waals surface area contributed by atoms with Crippen LogP contribution in [0.1, 0.15) is 13.8 Å². The molecule has 0 saturated carbocycles. The van der Waals surface area contributed by atoms with Crippen molar-refractivity contribution < 1.29 is 9.66 Å². The number of hydrogen-bond donors (Lipinski definition) is 0. The fourth-order valence-corrected chi connectivity index (χ4v) is 3.64. The summed E-state index contributed by atoms with van der Waals surface area (Å²) in [5.41, 5.74) is 0.472. The number of nitro benzene ring substituents is 1. The molecule has 0 N–H and O–H groups in total. The highest BCUT2D eigenvalue weighted by Crippen LogP contribution is 2.37. The number of halogens is 2. The Labute approximate surface area is 155 Å². The molecule has 1 saturated heterocycles. The molecular weight excluding hydrogens is 367 g/mol. The number of benzene rings is 1. The molecule has 2 aromatic rings. The third-order valence-electron chi connectivity index (χ3n) is 3.98. The van der Waals surface area contributed by atoms with E-state index in [4.69, 9.17) is 27.9 Å². The quantitative estimate of drug-likeness (QED) is 0.591. The Kier molecular flexibility index (Phi) is 5.29. The maximum atomic E-state index is 11.3. The van der Waals surface area contributed by atoms with Crippen LogP contribution in [-0.4, -0.2) is 44.9 Å². The van der Waals surface area contributed by atoms with Gasteiger partial charge in [0.15, 0.2) is 0 Å². The number of para-hydroxylation sites is 1. The molecule has 2 heterocycles. The van der Waals surface area contributed by atoms with Crippen molar-refractivity contribution in [3.63, 3.8) is 0 Å². The molecule has 0 radical (unpaired) electrons. The third-order valence-corrected chi connectivity index (χ3v) is 4.56. The van der Waals surface area contributed by atoms with Crippen LogP contribution in [0.25, 0.3) is 11.3 Å². The molecule has 2 unspecified atom stereocenters. The highest BCUT2D eigenvalue weighted by Gasteiger charge is 2.25. The molecule has 134 valence electrons.